The summed E-state index contributed by atoms with van der Waals surface area (Å²) >= 11 is 0. The van der Waals surface area contributed by atoms with Gasteiger partial charge in [-0.2, -0.15) is 18.2 Å². The van der Waals surface area contributed by atoms with Crippen LogP contribution in [-0.4, -0.2) is 14.1 Å². The Morgan fingerprint density at radius 1 is 0.662 bits per heavy atom. The predicted molar refractivity (Wildman–Crippen MR) is 262 cm³/mol. The molecule has 0 amide bonds. The van der Waals surface area contributed by atoms with Crippen molar-refractivity contribution in [2.45, 2.75) is 72.1 Å². The summed E-state index contributed by atoms with van der Waals surface area (Å²) in [7, 11) is 0. The molecule has 0 N–H and O–H groups in total. The van der Waals surface area contributed by atoms with Gasteiger partial charge < -0.3 is 13.9 Å². The third kappa shape index (κ3) is 8.24. The van der Waals surface area contributed by atoms with Gasteiger partial charge in [0.25, 0.3) is 6.33 Å². The monoisotopic (exact) mass is 1040 g/mol. The number of hydrogen-bond donors (Lipinski definition) is 0. The fraction of sp³-hybridized carbons (Fsp3) is 0.186. The van der Waals surface area contributed by atoms with Gasteiger partial charge in [0.05, 0.1) is 29.1 Å². The van der Waals surface area contributed by atoms with Crippen molar-refractivity contribution in [2.75, 3.05) is 0 Å². The van der Waals surface area contributed by atoms with Crippen molar-refractivity contribution in [3.8, 4) is 50.9 Å². The summed E-state index contributed by atoms with van der Waals surface area (Å²) in [6.07, 6.45) is 5.18. The molecule has 0 unspecified atom stereocenters. The number of pyridine rings is 1. The summed E-state index contributed by atoms with van der Waals surface area (Å²) in [6, 6.07) is 35.9. The molecule has 5 nitrogen and oxygen atoms in total. The van der Waals surface area contributed by atoms with E-state index in [1.165, 1.54) is 0 Å². The minimum atomic E-state index is -0.986. The summed E-state index contributed by atoms with van der Waals surface area (Å²) in [5, 5.41) is 0.811. The van der Waals surface area contributed by atoms with E-state index >= 15 is 0 Å². The maximum Gasteiger partial charge on any atom is 0.268 e. The van der Waals surface area contributed by atoms with Gasteiger partial charge in [-0.15, -0.1) is 29.7 Å². The molecule has 0 spiro atoms. The van der Waals surface area contributed by atoms with E-state index in [9.17, 15) is 2.74 Å². The Morgan fingerprint density at radius 3 is 2.08 bits per heavy atom. The van der Waals surface area contributed by atoms with Crippen molar-refractivity contribution in [1.29, 1.82) is 0 Å². The van der Waals surface area contributed by atoms with Crippen LogP contribution in [0.5, 0.6) is 11.5 Å². The van der Waals surface area contributed by atoms with Crippen molar-refractivity contribution in [2.24, 2.45) is 0 Å². The van der Waals surface area contributed by atoms with Crippen molar-refractivity contribution in [3.63, 3.8) is 0 Å². The molecule has 0 saturated carbocycles. The number of para-hydroxylation sites is 4. The molecule has 0 fully saturated rings. The van der Waals surface area contributed by atoms with Crippen LogP contribution >= 0.6 is 0 Å². The van der Waals surface area contributed by atoms with Crippen LogP contribution in [0.3, 0.4) is 0 Å². The molecule has 10 rings (SSSR count). The second-order valence-corrected chi connectivity index (χ2v) is 18.3. The topological polar surface area (TPSA) is 35.9 Å². The zero-order valence-electron chi connectivity index (χ0n) is 47.4. The van der Waals surface area contributed by atoms with Crippen LogP contribution in [-0.2, 0) is 31.9 Å². The molecule has 65 heavy (non-hydrogen) atoms. The third-order valence-electron chi connectivity index (χ3n) is 11.6. The summed E-state index contributed by atoms with van der Waals surface area (Å²) < 4.78 is 100.0. The standard InChI is InChI=1S/C59H52N4O.Pt/c1-39(2)41-30-31-60-56(34-41)63-52-25-13-12-22-50(52)51-29-28-47(37-55(51)63)64-46-21-16-20-45(36-46)61-38-62(54-27-15-14-26-53(54)61)57-48(40-18-10-9-11-19-40)23-17-24-49(57)42-32-43(58(3,4)5)35-44(33-42)59(6,7)8;/h9-35,39H,1-8H3;/q-2;/i9D,10D,11D,12D,13D,18D,19D,22D,25D,39D;. The average Bonchev–Trinajstić information content (AvgIpc) is 3.96. The number of benzene rings is 7. The van der Waals surface area contributed by atoms with E-state index in [2.05, 4.69) is 83.2 Å². The fourth-order valence-electron chi connectivity index (χ4n) is 8.16. The minimum absolute atomic E-state index is 0. The van der Waals surface area contributed by atoms with Crippen molar-refractivity contribution in [3.05, 3.63) is 199 Å². The zero-order chi connectivity index (χ0) is 53.1. The SMILES string of the molecule is [2H]c1c([2H])c([2H])c(-c2cccc(-c3cc(C(C)(C)C)cc(C(C)(C)C)c3)c2-[n+]2[c-]n(-c3[c-]c(Oc4[c-]c5c(cc4)c4c([2H])c([2H])c([2H])c([2H])c4n5-c4cc(C([2H])(C)C)ccn4)ccc3)c3ccccc32)c([2H])c1[2H].[Pt]. The first-order chi connectivity index (χ1) is 34.8. The molecular formula is C59H52N4OPt-2. The van der Waals surface area contributed by atoms with Crippen LogP contribution in [0.15, 0.2) is 164 Å². The molecule has 0 aliphatic rings. The number of fused-ring (bicyclic) bond motifs is 4. The van der Waals surface area contributed by atoms with Crippen LogP contribution < -0.4 is 9.30 Å². The summed E-state index contributed by atoms with van der Waals surface area (Å²) in [5.74, 6) is -0.0535. The maximum absolute atomic E-state index is 9.19. The normalized spacial score (nSPS) is 14.3. The van der Waals surface area contributed by atoms with Crippen LogP contribution in [0.2, 0.25) is 0 Å². The van der Waals surface area contributed by atoms with E-state index in [4.69, 9.17) is 15.7 Å². The van der Waals surface area contributed by atoms with Gasteiger partial charge in [0, 0.05) is 45.6 Å². The van der Waals surface area contributed by atoms with Gasteiger partial charge in [0.2, 0.25) is 0 Å². The van der Waals surface area contributed by atoms with E-state index < -0.39 is 24.0 Å². The van der Waals surface area contributed by atoms with Gasteiger partial charge in [-0.3, -0.25) is 4.57 Å². The van der Waals surface area contributed by atoms with Gasteiger partial charge in [-0.05, 0) is 84.9 Å². The Labute approximate surface area is 411 Å². The quantitative estimate of drug-likeness (QED) is 0.112. The van der Waals surface area contributed by atoms with E-state index in [1.807, 2.05) is 57.7 Å². The first-order valence-electron chi connectivity index (χ1n) is 26.3. The average molecular weight is 1040 g/mol. The van der Waals surface area contributed by atoms with Gasteiger partial charge in [-0.1, -0.05) is 170 Å². The molecular weight excluding hydrogens is 976 g/mol. The van der Waals surface area contributed by atoms with Gasteiger partial charge in [-0.25, -0.2) is 4.98 Å². The molecule has 0 aliphatic carbocycles. The van der Waals surface area contributed by atoms with Crippen LogP contribution in [0.4, 0.5) is 0 Å². The van der Waals surface area contributed by atoms with E-state index in [-0.39, 0.29) is 85.0 Å². The Kier molecular flexibility index (Phi) is 8.69. The second-order valence-electron chi connectivity index (χ2n) is 18.3. The number of ether oxygens (including phenoxy) is 1. The summed E-state index contributed by atoms with van der Waals surface area (Å²) in [6.45, 7) is 16.6. The van der Waals surface area contributed by atoms with Crippen LogP contribution in [0.25, 0.3) is 72.3 Å². The zero-order valence-corrected chi connectivity index (χ0v) is 39.7. The smallest absolute Gasteiger partial charge is 0.268 e. The first kappa shape index (κ1) is 33.0. The molecule has 6 heteroatoms. The summed E-state index contributed by atoms with van der Waals surface area (Å²) in [4.78, 5) is 4.63. The van der Waals surface area contributed by atoms with Gasteiger partial charge >= 0.3 is 0 Å². The van der Waals surface area contributed by atoms with Gasteiger partial charge in [0.15, 0.2) is 0 Å². The Morgan fingerprint density at radius 2 is 1.34 bits per heavy atom. The maximum atomic E-state index is 9.19. The molecule has 0 radical (unpaired) electrons. The molecule has 0 bridgehead atoms. The van der Waals surface area contributed by atoms with Crippen molar-refractivity contribution in [1.82, 2.24) is 14.1 Å². The first-order valence-corrected chi connectivity index (χ1v) is 21.3. The number of imidazole rings is 1. The molecule has 0 saturated heterocycles. The van der Waals surface area contributed by atoms with Gasteiger partial charge in [0.1, 0.15) is 5.82 Å². The Balaban J connectivity index is 0.00000689. The Bertz CT molecular complexity index is 3900. The van der Waals surface area contributed by atoms with Crippen molar-refractivity contribution >= 4 is 32.8 Å². The van der Waals surface area contributed by atoms with E-state index in [0.29, 0.717) is 55.9 Å². The second kappa shape index (κ2) is 17.1. The number of aromatic nitrogens is 4. The molecule has 7 aromatic carbocycles. The number of nitrogens with zero attached hydrogens (tertiary/aromatic N) is 4. The minimum Gasteiger partial charge on any atom is -0.510 e. The van der Waals surface area contributed by atoms with Crippen LogP contribution in [0.1, 0.15) is 91.7 Å². The molecule has 326 valence electrons. The Hall–Kier alpha value is -6.55. The molecule has 10 aromatic rings. The summed E-state index contributed by atoms with van der Waals surface area (Å²) in [5.41, 5.74) is 7.74. The number of rotatable bonds is 8. The third-order valence-corrected chi connectivity index (χ3v) is 11.6. The van der Waals surface area contributed by atoms with E-state index in [0.717, 1.165) is 27.8 Å². The number of hydrogen-bond acceptors (Lipinski definition) is 2. The van der Waals surface area contributed by atoms with Crippen LogP contribution in [0, 0.1) is 18.5 Å². The molecule has 0 atom stereocenters. The predicted octanol–water partition coefficient (Wildman–Crippen LogP) is 14.6. The fourth-order valence-corrected chi connectivity index (χ4v) is 8.16. The largest absolute Gasteiger partial charge is 0.510 e. The molecule has 3 aromatic heterocycles. The van der Waals surface area contributed by atoms with E-state index in [1.54, 1.807) is 61.0 Å². The molecule has 3 heterocycles. The van der Waals surface area contributed by atoms with Crippen molar-refractivity contribution < 1.29 is 44.1 Å². The molecule has 0 aliphatic heterocycles.